The van der Waals surface area contributed by atoms with Crippen LogP contribution in [-0.4, -0.2) is 82.7 Å². The number of anilines is 1. The minimum Gasteiger partial charge on any atom is -0.383 e. The molecule has 2 aromatic carbocycles. The number of carbonyl (C=O) groups excluding carboxylic acids is 2. The number of likely N-dealkylation sites (N-methyl/N-ethyl adjacent to an activating group) is 1. The minimum absolute atomic E-state index is 0.0946. The summed E-state index contributed by atoms with van der Waals surface area (Å²) >= 11 is 3.52. The third kappa shape index (κ3) is 5.39. The van der Waals surface area contributed by atoms with Gasteiger partial charge in [-0.2, -0.15) is 4.31 Å². The number of aromatic nitrogens is 1. The lowest BCUT2D eigenvalue weighted by atomic mass is 10.0. The molecule has 0 radical (unpaired) electrons. The van der Waals surface area contributed by atoms with Crippen molar-refractivity contribution in [1.82, 2.24) is 14.2 Å². The first kappa shape index (κ1) is 27.5. The topological polar surface area (TPSA) is 110 Å². The van der Waals surface area contributed by atoms with Gasteiger partial charge in [0.25, 0.3) is 5.91 Å². The first-order chi connectivity index (χ1) is 18.7. The summed E-state index contributed by atoms with van der Waals surface area (Å²) in [6.45, 7) is 2.19. The lowest BCUT2D eigenvalue weighted by molar-refractivity contribution is -0.121. The van der Waals surface area contributed by atoms with E-state index in [1.165, 1.54) is 9.21 Å². The molecule has 3 aromatic rings. The van der Waals surface area contributed by atoms with E-state index >= 15 is 0 Å². The van der Waals surface area contributed by atoms with Crippen LogP contribution in [0.5, 0.6) is 0 Å². The van der Waals surface area contributed by atoms with Crippen LogP contribution in [0.25, 0.3) is 22.6 Å². The van der Waals surface area contributed by atoms with Crippen molar-refractivity contribution in [2.75, 3.05) is 58.5 Å². The lowest BCUT2D eigenvalue weighted by Gasteiger charge is -2.26. The molecule has 5 rings (SSSR count). The zero-order chi connectivity index (χ0) is 27.7. The maximum absolute atomic E-state index is 13.4. The predicted octanol–water partition coefficient (Wildman–Crippen LogP) is 2.70. The Bertz CT molecular complexity index is 1580. The number of morpholine rings is 1. The van der Waals surface area contributed by atoms with Crippen molar-refractivity contribution < 1.29 is 27.5 Å². The second-order valence-corrected chi connectivity index (χ2v) is 12.2. The number of benzene rings is 2. The fourth-order valence-corrected chi connectivity index (χ4v) is 6.66. The fourth-order valence-electron chi connectivity index (χ4n) is 4.87. The highest BCUT2D eigenvalue weighted by Crippen LogP contribution is 2.40. The maximum atomic E-state index is 13.4. The van der Waals surface area contributed by atoms with Crippen LogP contribution in [0.15, 0.2) is 52.0 Å². The summed E-state index contributed by atoms with van der Waals surface area (Å²) in [5.74, 6) is -0.398. The van der Waals surface area contributed by atoms with Gasteiger partial charge in [0.15, 0.2) is 0 Å². The monoisotopic (exact) mass is 616 g/mol. The molecule has 3 heterocycles. The smallest absolute Gasteiger partial charge is 0.258 e. The molecule has 0 unspecified atom stereocenters. The van der Waals surface area contributed by atoms with Crippen LogP contribution in [0.2, 0.25) is 0 Å². The number of ether oxygens (including phenoxy) is 2. The van der Waals surface area contributed by atoms with E-state index in [0.717, 1.165) is 20.9 Å². The average Bonchev–Trinajstić information content (AvgIpc) is 3.38. The van der Waals surface area contributed by atoms with Crippen LogP contribution in [0.1, 0.15) is 11.1 Å². The molecule has 39 heavy (non-hydrogen) atoms. The Kier molecular flexibility index (Phi) is 7.92. The number of nitrogens with one attached hydrogen (secondary N) is 1. The van der Waals surface area contributed by atoms with Gasteiger partial charge >= 0.3 is 0 Å². The molecule has 0 atom stereocenters. The van der Waals surface area contributed by atoms with Gasteiger partial charge in [-0.25, -0.2) is 8.42 Å². The standard InChI is InChI=1S/C27H29BrN4O6S/c1-30-24-6-4-20(39(35,36)32-8-11-38-12-9-32)15-22(24)23(27(30)34)13-18-16-31(17-26(33)29-7-10-37-2)25-5-3-19(28)14-21(18)25/h3-6,13-16H,7-12,17H2,1-2H3,(H,29,33). The predicted molar refractivity (Wildman–Crippen MR) is 152 cm³/mol. The zero-order valence-electron chi connectivity index (χ0n) is 21.6. The molecular formula is C27H29BrN4O6S. The Morgan fingerprint density at radius 3 is 2.69 bits per heavy atom. The van der Waals surface area contributed by atoms with Gasteiger partial charge in [0.2, 0.25) is 15.9 Å². The summed E-state index contributed by atoms with van der Waals surface area (Å²) in [5.41, 5.74) is 3.13. The number of rotatable bonds is 8. The zero-order valence-corrected chi connectivity index (χ0v) is 24.0. The van der Waals surface area contributed by atoms with Crippen molar-refractivity contribution in [2.45, 2.75) is 11.4 Å². The summed E-state index contributed by atoms with van der Waals surface area (Å²) in [4.78, 5) is 27.5. The summed E-state index contributed by atoms with van der Waals surface area (Å²) in [7, 11) is -0.499. The van der Waals surface area contributed by atoms with Gasteiger partial charge in [0.1, 0.15) is 6.54 Å². The van der Waals surface area contributed by atoms with Crippen LogP contribution < -0.4 is 10.2 Å². The van der Waals surface area contributed by atoms with Crippen LogP contribution in [0.4, 0.5) is 5.69 Å². The molecule has 1 fully saturated rings. The molecule has 2 amide bonds. The Balaban J connectivity index is 1.55. The number of hydrogen-bond donors (Lipinski definition) is 1. The molecule has 12 heteroatoms. The van der Waals surface area contributed by atoms with Crippen molar-refractivity contribution in [3.63, 3.8) is 0 Å². The summed E-state index contributed by atoms with van der Waals surface area (Å²) in [5, 5.41) is 3.67. The molecule has 2 aliphatic heterocycles. The highest BCUT2D eigenvalue weighted by atomic mass is 79.9. The maximum Gasteiger partial charge on any atom is 0.258 e. The number of carbonyl (C=O) groups is 2. The molecule has 1 saturated heterocycles. The van der Waals surface area contributed by atoms with Crippen LogP contribution in [-0.2, 0) is 35.6 Å². The van der Waals surface area contributed by atoms with E-state index in [1.54, 1.807) is 38.4 Å². The summed E-state index contributed by atoms with van der Waals surface area (Å²) < 4.78 is 41.1. The number of methoxy groups -OCH3 is 1. The van der Waals surface area contributed by atoms with E-state index in [1.807, 2.05) is 29.0 Å². The van der Waals surface area contributed by atoms with Gasteiger partial charge in [0.05, 0.1) is 30.4 Å². The van der Waals surface area contributed by atoms with Crippen LogP contribution in [0.3, 0.4) is 0 Å². The van der Waals surface area contributed by atoms with Crippen LogP contribution in [0, 0.1) is 0 Å². The van der Waals surface area contributed by atoms with E-state index < -0.39 is 10.0 Å². The van der Waals surface area contributed by atoms with Gasteiger partial charge in [0, 0.05) is 72.1 Å². The highest BCUT2D eigenvalue weighted by Gasteiger charge is 2.33. The molecular weight excluding hydrogens is 588 g/mol. The molecule has 0 bridgehead atoms. The van der Waals surface area contributed by atoms with Crippen molar-refractivity contribution in [3.8, 4) is 0 Å². The van der Waals surface area contributed by atoms with Crippen molar-refractivity contribution in [2.24, 2.45) is 0 Å². The van der Waals surface area contributed by atoms with E-state index in [2.05, 4.69) is 21.2 Å². The van der Waals surface area contributed by atoms with Crippen molar-refractivity contribution in [1.29, 1.82) is 0 Å². The number of sulfonamides is 1. The van der Waals surface area contributed by atoms with Gasteiger partial charge in [-0.3, -0.25) is 9.59 Å². The van der Waals surface area contributed by atoms with Gasteiger partial charge < -0.3 is 24.3 Å². The lowest BCUT2D eigenvalue weighted by Crippen LogP contribution is -2.40. The fraction of sp³-hybridized carbons (Fsp3) is 0.333. The minimum atomic E-state index is -3.74. The largest absolute Gasteiger partial charge is 0.383 e. The second kappa shape index (κ2) is 11.2. The third-order valence-electron chi connectivity index (χ3n) is 6.88. The summed E-state index contributed by atoms with van der Waals surface area (Å²) in [6, 6.07) is 10.5. The number of fused-ring (bicyclic) bond motifs is 2. The van der Waals surface area contributed by atoms with Crippen molar-refractivity contribution >= 4 is 66.0 Å². The van der Waals surface area contributed by atoms with Crippen LogP contribution >= 0.6 is 15.9 Å². The average molecular weight is 618 g/mol. The van der Waals surface area contributed by atoms with Crippen molar-refractivity contribution in [3.05, 3.63) is 58.2 Å². The van der Waals surface area contributed by atoms with Gasteiger partial charge in [-0.1, -0.05) is 15.9 Å². The first-order valence-corrected chi connectivity index (χ1v) is 14.7. The second-order valence-electron chi connectivity index (χ2n) is 9.33. The Hall–Kier alpha value is -3.03. The number of halogens is 1. The molecule has 10 nitrogen and oxygen atoms in total. The van der Waals surface area contributed by atoms with Gasteiger partial charge in [-0.15, -0.1) is 0 Å². The quantitative estimate of drug-likeness (QED) is 0.308. The summed E-state index contributed by atoms with van der Waals surface area (Å²) in [6.07, 6.45) is 3.60. The molecule has 1 aromatic heterocycles. The molecule has 0 aliphatic carbocycles. The Labute approximate surface area is 235 Å². The number of hydrogen-bond acceptors (Lipinski definition) is 6. The SMILES string of the molecule is COCCNC(=O)Cn1cc(C=C2C(=O)N(C)c3ccc(S(=O)(=O)N4CCOCC4)cc32)c2cc(Br)ccc21. The molecule has 2 aliphatic rings. The van der Waals surface area contributed by atoms with Gasteiger partial charge in [-0.05, 0) is 42.5 Å². The normalized spacial score (nSPS) is 17.3. The Morgan fingerprint density at radius 1 is 1.18 bits per heavy atom. The number of amides is 2. The third-order valence-corrected chi connectivity index (χ3v) is 9.27. The van der Waals surface area contributed by atoms with E-state index in [4.69, 9.17) is 9.47 Å². The van der Waals surface area contributed by atoms with E-state index in [0.29, 0.717) is 43.2 Å². The first-order valence-electron chi connectivity index (χ1n) is 12.5. The molecule has 0 saturated carbocycles. The van der Waals surface area contributed by atoms with E-state index in [9.17, 15) is 18.0 Å². The molecule has 0 spiro atoms. The Morgan fingerprint density at radius 2 is 1.95 bits per heavy atom. The number of nitrogens with zero attached hydrogens (tertiary/aromatic N) is 3. The molecule has 1 N–H and O–H groups in total. The highest BCUT2D eigenvalue weighted by molar-refractivity contribution is 9.10. The van der Waals surface area contributed by atoms with E-state index in [-0.39, 0.29) is 36.3 Å². The molecule has 206 valence electrons.